The number of hydrogen-bond acceptors (Lipinski definition) is 4. The average molecular weight is 231 g/mol. The molecule has 0 aromatic rings. The van der Waals surface area contributed by atoms with Gasteiger partial charge in [0.1, 0.15) is 0 Å². The summed E-state index contributed by atoms with van der Waals surface area (Å²) in [5, 5.41) is 0. The zero-order valence-corrected chi connectivity index (χ0v) is 10.5. The number of rotatable bonds is 8. The summed E-state index contributed by atoms with van der Waals surface area (Å²) in [4.78, 5) is 0. The van der Waals surface area contributed by atoms with Crippen LogP contribution in [0.25, 0.3) is 0 Å². The molecule has 0 aromatic carbocycles. The minimum Gasteiger partial charge on any atom is -0.385 e. The maximum atomic E-state index is 5.87. The minimum absolute atomic E-state index is 0.140. The molecule has 0 saturated carbocycles. The molecule has 1 rings (SSSR count). The molecular weight excluding hydrogens is 206 g/mol. The van der Waals surface area contributed by atoms with Gasteiger partial charge in [-0.15, -0.1) is 0 Å². The smallest absolute Gasteiger partial charge is 0.0616 e. The molecule has 1 saturated heterocycles. The van der Waals surface area contributed by atoms with Crippen LogP contribution in [0.2, 0.25) is 0 Å². The summed E-state index contributed by atoms with van der Waals surface area (Å²) in [6, 6.07) is 0. The predicted molar refractivity (Wildman–Crippen MR) is 63.4 cm³/mol. The zero-order chi connectivity index (χ0) is 11.9. The first-order valence-electron chi connectivity index (χ1n) is 6.13. The van der Waals surface area contributed by atoms with Crippen molar-refractivity contribution >= 4 is 0 Å². The van der Waals surface area contributed by atoms with E-state index in [-0.39, 0.29) is 11.5 Å². The van der Waals surface area contributed by atoms with Crippen LogP contribution in [0.5, 0.6) is 0 Å². The lowest BCUT2D eigenvalue weighted by Gasteiger charge is -2.30. The van der Waals surface area contributed by atoms with E-state index < -0.39 is 0 Å². The second-order valence-corrected chi connectivity index (χ2v) is 4.54. The van der Waals surface area contributed by atoms with Crippen LogP contribution in [-0.2, 0) is 14.2 Å². The summed E-state index contributed by atoms with van der Waals surface area (Å²) in [6.07, 6.45) is 3.28. The highest BCUT2D eigenvalue weighted by molar-refractivity contribution is 4.90. The van der Waals surface area contributed by atoms with Crippen molar-refractivity contribution in [2.75, 3.05) is 40.1 Å². The lowest BCUT2D eigenvalue weighted by molar-refractivity contribution is 0.0334. The Labute approximate surface area is 98.4 Å². The SMILES string of the molecule is COCCCOCCC1(CN)CCOC1C. The summed E-state index contributed by atoms with van der Waals surface area (Å²) in [5.41, 5.74) is 6.01. The highest BCUT2D eigenvalue weighted by Crippen LogP contribution is 2.37. The Kier molecular flexibility index (Phi) is 6.28. The molecule has 4 heteroatoms. The van der Waals surface area contributed by atoms with E-state index in [4.69, 9.17) is 19.9 Å². The van der Waals surface area contributed by atoms with Crippen molar-refractivity contribution < 1.29 is 14.2 Å². The highest BCUT2D eigenvalue weighted by Gasteiger charge is 2.39. The number of hydrogen-bond donors (Lipinski definition) is 1. The summed E-state index contributed by atoms with van der Waals surface area (Å²) in [5.74, 6) is 0. The third kappa shape index (κ3) is 3.70. The van der Waals surface area contributed by atoms with Crippen molar-refractivity contribution in [2.45, 2.75) is 32.3 Å². The van der Waals surface area contributed by atoms with Gasteiger partial charge in [-0.2, -0.15) is 0 Å². The van der Waals surface area contributed by atoms with Crippen molar-refractivity contribution in [3.8, 4) is 0 Å². The molecular formula is C12H25NO3. The van der Waals surface area contributed by atoms with E-state index in [0.717, 1.165) is 45.7 Å². The molecule has 1 aliphatic rings. The van der Waals surface area contributed by atoms with E-state index in [1.165, 1.54) is 0 Å². The van der Waals surface area contributed by atoms with Crippen molar-refractivity contribution in [1.82, 2.24) is 0 Å². The summed E-state index contributed by atoms with van der Waals surface area (Å²) < 4.78 is 16.1. The van der Waals surface area contributed by atoms with Crippen LogP contribution >= 0.6 is 0 Å². The van der Waals surface area contributed by atoms with Crippen LogP contribution < -0.4 is 5.73 Å². The fraction of sp³-hybridized carbons (Fsp3) is 1.00. The van der Waals surface area contributed by atoms with Crippen LogP contribution in [0.4, 0.5) is 0 Å². The van der Waals surface area contributed by atoms with Crippen molar-refractivity contribution in [1.29, 1.82) is 0 Å². The Bertz CT molecular complexity index is 189. The molecule has 0 aromatic heterocycles. The topological polar surface area (TPSA) is 53.7 Å². The Balaban J connectivity index is 2.14. The molecule has 0 aliphatic carbocycles. The van der Waals surface area contributed by atoms with Crippen LogP contribution in [0, 0.1) is 5.41 Å². The van der Waals surface area contributed by atoms with Gasteiger partial charge in [0.05, 0.1) is 6.10 Å². The average Bonchev–Trinajstić information content (AvgIpc) is 2.66. The second-order valence-electron chi connectivity index (χ2n) is 4.54. The molecule has 1 fully saturated rings. The molecule has 2 atom stereocenters. The Morgan fingerprint density at radius 1 is 1.38 bits per heavy atom. The number of methoxy groups -OCH3 is 1. The largest absolute Gasteiger partial charge is 0.385 e. The fourth-order valence-corrected chi connectivity index (χ4v) is 2.20. The van der Waals surface area contributed by atoms with Crippen LogP contribution in [0.1, 0.15) is 26.2 Å². The third-order valence-electron chi connectivity index (χ3n) is 3.62. The summed E-state index contributed by atoms with van der Waals surface area (Å²) in [7, 11) is 1.71. The Morgan fingerprint density at radius 3 is 2.75 bits per heavy atom. The van der Waals surface area contributed by atoms with E-state index in [0.29, 0.717) is 6.54 Å². The number of nitrogens with two attached hydrogens (primary N) is 1. The molecule has 1 heterocycles. The van der Waals surface area contributed by atoms with Gasteiger partial charge in [-0.25, -0.2) is 0 Å². The predicted octanol–water partition coefficient (Wildman–Crippen LogP) is 1.18. The van der Waals surface area contributed by atoms with Gasteiger partial charge in [-0.05, 0) is 26.2 Å². The van der Waals surface area contributed by atoms with Gasteiger partial charge in [0.25, 0.3) is 0 Å². The van der Waals surface area contributed by atoms with E-state index in [2.05, 4.69) is 6.92 Å². The summed E-state index contributed by atoms with van der Waals surface area (Å²) >= 11 is 0. The van der Waals surface area contributed by atoms with E-state index >= 15 is 0 Å². The molecule has 2 N–H and O–H groups in total. The van der Waals surface area contributed by atoms with Crippen molar-refractivity contribution in [3.05, 3.63) is 0 Å². The molecule has 0 bridgehead atoms. The maximum Gasteiger partial charge on any atom is 0.0616 e. The van der Waals surface area contributed by atoms with Gasteiger partial charge in [0, 0.05) is 45.5 Å². The van der Waals surface area contributed by atoms with Crippen LogP contribution in [0.3, 0.4) is 0 Å². The molecule has 96 valence electrons. The molecule has 0 amide bonds. The van der Waals surface area contributed by atoms with Gasteiger partial charge >= 0.3 is 0 Å². The molecule has 0 radical (unpaired) electrons. The van der Waals surface area contributed by atoms with E-state index in [1.54, 1.807) is 7.11 Å². The second kappa shape index (κ2) is 7.22. The molecule has 0 spiro atoms. The molecule has 16 heavy (non-hydrogen) atoms. The lowest BCUT2D eigenvalue weighted by Crippen LogP contribution is -2.37. The van der Waals surface area contributed by atoms with E-state index in [1.807, 2.05) is 0 Å². The van der Waals surface area contributed by atoms with E-state index in [9.17, 15) is 0 Å². The zero-order valence-electron chi connectivity index (χ0n) is 10.5. The first kappa shape index (κ1) is 13.9. The van der Waals surface area contributed by atoms with Crippen LogP contribution in [-0.4, -0.2) is 46.2 Å². The lowest BCUT2D eigenvalue weighted by atomic mass is 9.79. The minimum atomic E-state index is 0.140. The highest BCUT2D eigenvalue weighted by atomic mass is 16.5. The van der Waals surface area contributed by atoms with Crippen LogP contribution in [0.15, 0.2) is 0 Å². The first-order chi connectivity index (χ1) is 7.75. The van der Waals surface area contributed by atoms with Crippen molar-refractivity contribution in [2.24, 2.45) is 11.1 Å². The van der Waals surface area contributed by atoms with Gasteiger partial charge < -0.3 is 19.9 Å². The number of ether oxygens (including phenoxy) is 3. The van der Waals surface area contributed by atoms with Gasteiger partial charge in [-0.1, -0.05) is 0 Å². The van der Waals surface area contributed by atoms with Gasteiger partial charge in [0.15, 0.2) is 0 Å². The fourth-order valence-electron chi connectivity index (χ4n) is 2.20. The first-order valence-corrected chi connectivity index (χ1v) is 6.13. The molecule has 1 aliphatic heterocycles. The quantitative estimate of drug-likeness (QED) is 0.637. The maximum absolute atomic E-state index is 5.87. The van der Waals surface area contributed by atoms with Gasteiger partial charge in [-0.3, -0.25) is 0 Å². The third-order valence-corrected chi connectivity index (χ3v) is 3.62. The monoisotopic (exact) mass is 231 g/mol. The van der Waals surface area contributed by atoms with Crippen molar-refractivity contribution in [3.63, 3.8) is 0 Å². The normalized spacial score (nSPS) is 29.8. The molecule has 4 nitrogen and oxygen atoms in total. The Morgan fingerprint density at radius 2 is 2.19 bits per heavy atom. The molecule has 2 unspecified atom stereocenters. The summed E-state index contributed by atoms with van der Waals surface area (Å²) in [6.45, 7) is 5.95. The van der Waals surface area contributed by atoms with Gasteiger partial charge in [0.2, 0.25) is 0 Å². The Hall–Kier alpha value is -0.160. The standard InChI is InChI=1S/C12H25NO3/c1-11-12(10-13,5-9-16-11)4-8-15-7-3-6-14-2/h11H,3-10,13H2,1-2H3.